The molecule has 1 fully saturated rings. The molecule has 0 amide bonds. The normalized spacial score (nSPS) is 18.8. The lowest BCUT2D eigenvalue weighted by Gasteiger charge is -2.32. The van der Waals surface area contributed by atoms with Crippen molar-refractivity contribution in [3.05, 3.63) is 35.4 Å². The van der Waals surface area contributed by atoms with Gasteiger partial charge in [-0.15, -0.1) is 0 Å². The smallest absolute Gasteiger partial charge is 0.335 e. The molecule has 0 spiro atoms. The van der Waals surface area contributed by atoms with E-state index in [1.54, 1.807) is 12.1 Å². The number of carboxylic acids is 1. The van der Waals surface area contributed by atoms with Crippen LogP contribution in [0.3, 0.4) is 0 Å². The standard InChI is InChI=1S/C18H25NO4/c1-13(2)23-17(20)10-15-4-3-9-19(12-15)11-14-5-7-16(8-6-14)18(21)22/h5-8,13,15H,3-4,9-12H2,1-2H3,(H,21,22). The van der Waals surface area contributed by atoms with Crippen molar-refractivity contribution in [2.24, 2.45) is 5.92 Å². The van der Waals surface area contributed by atoms with Crippen LogP contribution in [0.2, 0.25) is 0 Å². The first-order valence-electron chi connectivity index (χ1n) is 8.18. The summed E-state index contributed by atoms with van der Waals surface area (Å²) in [5.74, 6) is -0.677. The van der Waals surface area contributed by atoms with Gasteiger partial charge in [0.05, 0.1) is 11.7 Å². The Bertz CT molecular complexity index is 538. The Morgan fingerprint density at radius 1 is 1.30 bits per heavy atom. The summed E-state index contributed by atoms with van der Waals surface area (Å²) in [5.41, 5.74) is 1.40. The second kappa shape index (κ2) is 8.11. The third kappa shape index (κ3) is 5.67. The lowest BCUT2D eigenvalue weighted by Crippen LogP contribution is -2.36. The van der Waals surface area contributed by atoms with E-state index in [0.29, 0.717) is 17.9 Å². The van der Waals surface area contributed by atoms with E-state index in [0.717, 1.165) is 38.0 Å². The van der Waals surface area contributed by atoms with Gasteiger partial charge >= 0.3 is 11.9 Å². The predicted molar refractivity (Wildman–Crippen MR) is 87.2 cm³/mol. The minimum Gasteiger partial charge on any atom is -0.478 e. The monoisotopic (exact) mass is 319 g/mol. The van der Waals surface area contributed by atoms with Crippen LogP contribution < -0.4 is 0 Å². The third-order valence-corrected chi connectivity index (χ3v) is 4.03. The van der Waals surface area contributed by atoms with Crippen molar-refractivity contribution in [3.8, 4) is 0 Å². The van der Waals surface area contributed by atoms with Crippen molar-refractivity contribution >= 4 is 11.9 Å². The van der Waals surface area contributed by atoms with Crippen LogP contribution in [-0.4, -0.2) is 41.1 Å². The first kappa shape index (κ1) is 17.5. The van der Waals surface area contributed by atoms with Gasteiger partial charge in [0, 0.05) is 19.5 Å². The number of hydrogen-bond donors (Lipinski definition) is 1. The number of aromatic carboxylic acids is 1. The lowest BCUT2D eigenvalue weighted by molar-refractivity contribution is -0.149. The van der Waals surface area contributed by atoms with E-state index in [9.17, 15) is 9.59 Å². The van der Waals surface area contributed by atoms with Gasteiger partial charge in [-0.05, 0) is 56.8 Å². The van der Waals surface area contributed by atoms with Gasteiger partial charge in [0.15, 0.2) is 0 Å². The van der Waals surface area contributed by atoms with Crippen molar-refractivity contribution < 1.29 is 19.4 Å². The van der Waals surface area contributed by atoms with Gasteiger partial charge in [-0.2, -0.15) is 0 Å². The second-order valence-electron chi connectivity index (χ2n) is 6.49. The average molecular weight is 319 g/mol. The highest BCUT2D eigenvalue weighted by molar-refractivity contribution is 5.87. The van der Waals surface area contributed by atoms with Gasteiger partial charge in [0.1, 0.15) is 0 Å². The summed E-state index contributed by atoms with van der Waals surface area (Å²) in [6.45, 7) is 6.41. The quantitative estimate of drug-likeness (QED) is 0.817. The van der Waals surface area contributed by atoms with Gasteiger partial charge in [-0.3, -0.25) is 9.69 Å². The minimum absolute atomic E-state index is 0.0602. The Kier molecular flexibility index (Phi) is 6.16. The number of esters is 1. The Labute approximate surface area is 137 Å². The molecule has 0 aliphatic carbocycles. The first-order valence-corrected chi connectivity index (χ1v) is 8.18. The number of likely N-dealkylation sites (tertiary alicyclic amines) is 1. The maximum atomic E-state index is 11.8. The lowest BCUT2D eigenvalue weighted by atomic mass is 9.94. The molecule has 1 aliphatic rings. The minimum atomic E-state index is -0.904. The molecular weight excluding hydrogens is 294 g/mol. The molecule has 126 valence electrons. The molecule has 23 heavy (non-hydrogen) atoms. The maximum absolute atomic E-state index is 11.8. The van der Waals surface area contributed by atoms with Crippen molar-refractivity contribution in [3.63, 3.8) is 0 Å². The molecule has 1 atom stereocenters. The molecule has 1 N–H and O–H groups in total. The molecule has 5 heteroatoms. The predicted octanol–water partition coefficient (Wildman–Crippen LogP) is 2.94. The Morgan fingerprint density at radius 2 is 2.00 bits per heavy atom. The molecule has 0 bridgehead atoms. The first-order chi connectivity index (χ1) is 10.9. The fraction of sp³-hybridized carbons (Fsp3) is 0.556. The van der Waals surface area contributed by atoms with Gasteiger partial charge in [0.25, 0.3) is 0 Å². The summed E-state index contributed by atoms with van der Waals surface area (Å²) in [5, 5.41) is 8.92. The largest absolute Gasteiger partial charge is 0.478 e. The fourth-order valence-corrected chi connectivity index (χ4v) is 3.02. The highest BCUT2D eigenvalue weighted by Gasteiger charge is 2.23. The second-order valence-corrected chi connectivity index (χ2v) is 6.49. The zero-order valence-corrected chi connectivity index (χ0v) is 13.8. The molecule has 0 saturated carbocycles. The molecule has 2 rings (SSSR count). The van der Waals surface area contributed by atoms with Crippen LogP contribution in [-0.2, 0) is 16.1 Å². The number of carbonyl (C=O) groups excluding carboxylic acids is 1. The summed E-state index contributed by atoms with van der Waals surface area (Å²) in [7, 11) is 0. The number of hydrogen-bond acceptors (Lipinski definition) is 4. The molecular formula is C18H25NO4. The molecule has 1 heterocycles. The fourth-order valence-electron chi connectivity index (χ4n) is 3.02. The van der Waals surface area contributed by atoms with E-state index in [-0.39, 0.29) is 12.1 Å². The van der Waals surface area contributed by atoms with Gasteiger partial charge < -0.3 is 9.84 Å². The van der Waals surface area contributed by atoms with Crippen LogP contribution in [0.25, 0.3) is 0 Å². The van der Waals surface area contributed by atoms with Crippen molar-refractivity contribution in [1.82, 2.24) is 4.90 Å². The van der Waals surface area contributed by atoms with Crippen LogP contribution in [0.5, 0.6) is 0 Å². The third-order valence-electron chi connectivity index (χ3n) is 4.03. The van der Waals surface area contributed by atoms with Crippen LogP contribution in [0.15, 0.2) is 24.3 Å². The molecule has 1 aromatic rings. The number of carbonyl (C=O) groups is 2. The molecule has 0 radical (unpaired) electrons. The highest BCUT2D eigenvalue weighted by Crippen LogP contribution is 2.22. The van der Waals surface area contributed by atoms with E-state index in [4.69, 9.17) is 9.84 Å². The van der Waals surface area contributed by atoms with E-state index >= 15 is 0 Å². The van der Waals surface area contributed by atoms with E-state index in [2.05, 4.69) is 4.90 Å². The molecule has 0 aromatic heterocycles. The van der Waals surface area contributed by atoms with E-state index in [1.165, 1.54) is 0 Å². The van der Waals surface area contributed by atoms with Crippen LogP contribution in [0.1, 0.15) is 49.0 Å². The summed E-state index contributed by atoms with van der Waals surface area (Å²) in [6, 6.07) is 7.00. The molecule has 5 nitrogen and oxygen atoms in total. The van der Waals surface area contributed by atoms with Gasteiger partial charge in [-0.25, -0.2) is 4.79 Å². The van der Waals surface area contributed by atoms with Crippen molar-refractivity contribution in [2.75, 3.05) is 13.1 Å². The molecule has 1 aromatic carbocycles. The zero-order chi connectivity index (χ0) is 16.8. The number of rotatable bonds is 6. The number of ether oxygens (including phenoxy) is 1. The molecule has 1 unspecified atom stereocenters. The summed E-state index contributed by atoms with van der Waals surface area (Å²) < 4.78 is 5.23. The van der Waals surface area contributed by atoms with E-state index in [1.807, 2.05) is 26.0 Å². The summed E-state index contributed by atoms with van der Waals surface area (Å²) >= 11 is 0. The Hall–Kier alpha value is -1.88. The Balaban J connectivity index is 1.86. The number of nitrogens with zero attached hydrogens (tertiary/aromatic N) is 1. The summed E-state index contributed by atoms with van der Waals surface area (Å²) in [4.78, 5) is 25.0. The molecule has 1 aliphatic heterocycles. The van der Waals surface area contributed by atoms with Crippen LogP contribution in [0.4, 0.5) is 0 Å². The maximum Gasteiger partial charge on any atom is 0.335 e. The van der Waals surface area contributed by atoms with Gasteiger partial charge in [-0.1, -0.05) is 12.1 Å². The van der Waals surface area contributed by atoms with Crippen molar-refractivity contribution in [1.29, 1.82) is 0 Å². The zero-order valence-electron chi connectivity index (χ0n) is 13.8. The number of benzene rings is 1. The topological polar surface area (TPSA) is 66.8 Å². The van der Waals surface area contributed by atoms with Crippen LogP contribution >= 0.6 is 0 Å². The highest BCUT2D eigenvalue weighted by atomic mass is 16.5. The molecule has 1 saturated heterocycles. The summed E-state index contributed by atoms with van der Waals surface area (Å²) in [6.07, 6.45) is 2.55. The number of piperidine rings is 1. The average Bonchev–Trinajstić information content (AvgIpc) is 2.47. The number of carboxylic acid groups (broad SMARTS) is 1. The van der Waals surface area contributed by atoms with Gasteiger partial charge in [0.2, 0.25) is 0 Å². The SMILES string of the molecule is CC(C)OC(=O)CC1CCCN(Cc2ccc(C(=O)O)cc2)C1. The van der Waals surface area contributed by atoms with Crippen LogP contribution in [0, 0.1) is 5.92 Å². The Morgan fingerprint density at radius 3 is 2.61 bits per heavy atom. The van der Waals surface area contributed by atoms with Crippen molar-refractivity contribution in [2.45, 2.75) is 45.8 Å². The van der Waals surface area contributed by atoms with E-state index < -0.39 is 5.97 Å².